The minimum atomic E-state index is -0.464. The molecule has 1 unspecified atom stereocenters. The number of rotatable bonds is 9. The lowest BCUT2D eigenvalue weighted by atomic mass is 10.1. The summed E-state index contributed by atoms with van der Waals surface area (Å²) in [5.41, 5.74) is 1.62. The van der Waals surface area contributed by atoms with Crippen LogP contribution in [0.3, 0.4) is 0 Å². The maximum Gasteiger partial charge on any atom is 0.269 e. The second-order valence-corrected chi connectivity index (χ2v) is 5.96. The Bertz CT molecular complexity index is 789. The summed E-state index contributed by atoms with van der Waals surface area (Å²) in [5.74, 6) is 1.16. The van der Waals surface area contributed by atoms with Crippen LogP contribution in [0.4, 0.5) is 5.69 Å². The van der Waals surface area contributed by atoms with Gasteiger partial charge in [0.1, 0.15) is 0 Å². The van der Waals surface area contributed by atoms with Crippen LogP contribution in [0.1, 0.15) is 37.9 Å². The van der Waals surface area contributed by atoms with Gasteiger partial charge in [-0.25, -0.2) is 0 Å². The van der Waals surface area contributed by atoms with Crippen molar-refractivity contribution >= 4 is 11.6 Å². The van der Waals surface area contributed by atoms with Gasteiger partial charge >= 0.3 is 0 Å². The van der Waals surface area contributed by atoms with Crippen LogP contribution in [-0.4, -0.2) is 24.0 Å². The first-order valence-electron chi connectivity index (χ1n) is 8.86. The number of carbonyl (C=O) groups is 1. The summed E-state index contributed by atoms with van der Waals surface area (Å²) in [6.45, 7) is 6.76. The second-order valence-electron chi connectivity index (χ2n) is 5.96. The predicted octanol–water partition coefficient (Wildman–Crippen LogP) is 3.81. The zero-order valence-corrected chi connectivity index (χ0v) is 15.7. The molecule has 1 N–H and O–H groups in total. The Balaban J connectivity index is 2.02. The van der Waals surface area contributed by atoms with E-state index in [1.54, 1.807) is 12.1 Å². The summed E-state index contributed by atoms with van der Waals surface area (Å²) in [7, 11) is 0. The minimum absolute atomic E-state index is 0.00497. The van der Waals surface area contributed by atoms with Crippen LogP contribution in [0.15, 0.2) is 42.5 Å². The van der Waals surface area contributed by atoms with Gasteiger partial charge in [0, 0.05) is 12.1 Å². The molecule has 0 radical (unpaired) electrons. The molecule has 2 rings (SSSR count). The molecule has 1 amide bonds. The molecule has 0 aliphatic rings. The highest BCUT2D eigenvalue weighted by molar-refractivity contribution is 5.79. The molecule has 0 aliphatic heterocycles. The van der Waals surface area contributed by atoms with Crippen LogP contribution in [0.2, 0.25) is 0 Å². The first-order chi connectivity index (χ1) is 12.9. The van der Waals surface area contributed by atoms with E-state index in [0.29, 0.717) is 30.3 Å². The van der Waals surface area contributed by atoms with E-state index in [0.717, 1.165) is 5.56 Å². The molecule has 144 valence electrons. The smallest absolute Gasteiger partial charge is 0.269 e. The Labute approximate surface area is 158 Å². The molecule has 0 bridgehead atoms. The summed E-state index contributed by atoms with van der Waals surface area (Å²) in [6.07, 6.45) is 0.150. The maximum absolute atomic E-state index is 12.3. The van der Waals surface area contributed by atoms with E-state index in [4.69, 9.17) is 9.47 Å². The van der Waals surface area contributed by atoms with E-state index in [9.17, 15) is 14.9 Å². The molecule has 1 atom stereocenters. The normalized spacial score (nSPS) is 11.5. The number of nitrogens with zero attached hydrogens (tertiary/aromatic N) is 1. The molecule has 0 aliphatic carbocycles. The number of amides is 1. The van der Waals surface area contributed by atoms with Gasteiger partial charge in [-0.3, -0.25) is 14.9 Å². The van der Waals surface area contributed by atoms with Crippen LogP contribution >= 0.6 is 0 Å². The standard InChI is InChI=1S/C20H24N2O5/c1-4-26-18-11-8-16(13-19(18)27-5-2)14(3)21-20(23)12-15-6-9-17(10-7-15)22(24)25/h6-11,13-14H,4-5,12H2,1-3H3,(H,21,23). The van der Waals surface area contributed by atoms with Crippen molar-refractivity contribution in [2.45, 2.75) is 33.2 Å². The van der Waals surface area contributed by atoms with Crippen molar-refractivity contribution in [3.63, 3.8) is 0 Å². The van der Waals surface area contributed by atoms with E-state index in [-0.39, 0.29) is 24.1 Å². The third kappa shape index (κ3) is 5.70. The van der Waals surface area contributed by atoms with Gasteiger partial charge in [0.25, 0.3) is 5.69 Å². The predicted molar refractivity (Wildman–Crippen MR) is 102 cm³/mol. The number of nitro benzene ring substituents is 1. The van der Waals surface area contributed by atoms with Crippen LogP contribution in [0.25, 0.3) is 0 Å². The fourth-order valence-electron chi connectivity index (χ4n) is 2.63. The quantitative estimate of drug-likeness (QED) is 0.534. The lowest BCUT2D eigenvalue weighted by molar-refractivity contribution is -0.384. The number of ether oxygens (including phenoxy) is 2. The number of hydrogen-bond acceptors (Lipinski definition) is 5. The topological polar surface area (TPSA) is 90.7 Å². The van der Waals surface area contributed by atoms with Gasteiger partial charge in [-0.1, -0.05) is 18.2 Å². The van der Waals surface area contributed by atoms with Crippen molar-refractivity contribution in [1.82, 2.24) is 5.32 Å². The maximum atomic E-state index is 12.3. The van der Waals surface area contributed by atoms with E-state index >= 15 is 0 Å². The Morgan fingerprint density at radius 3 is 2.30 bits per heavy atom. The molecule has 0 fully saturated rings. The summed E-state index contributed by atoms with van der Waals surface area (Å²) in [5, 5.41) is 13.6. The van der Waals surface area contributed by atoms with Crippen LogP contribution in [0.5, 0.6) is 11.5 Å². The molecular weight excluding hydrogens is 348 g/mol. The molecule has 7 nitrogen and oxygen atoms in total. The number of nitrogens with one attached hydrogen (secondary N) is 1. The number of non-ortho nitro benzene ring substituents is 1. The molecule has 27 heavy (non-hydrogen) atoms. The SMILES string of the molecule is CCOc1ccc(C(C)NC(=O)Cc2ccc([N+](=O)[O-])cc2)cc1OCC. The monoisotopic (exact) mass is 372 g/mol. The lowest BCUT2D eigenvalue weighted by Crippen LogP contribution is -2.28. The Kier molecular flexibility index (Phi) is 7.16. The molecule has 2 aromatic rings. The largest absolute Gasteiger partial charge is 0.490 e. The number of benzene rings is 2. The lowest BCUT2D eigenvalue weighted by Gasteiger charge is -2.17. The fourth-order valence-corrected chi connectivity index (χ4v) is 2.63. The van der Waals surface area contributed by atoms with Crippen molar-refractivity contribution in [1.29, 1.82) is 0 Å². The number of nitro groups is 1. The summed E-state index contributed by atoms with van der Waals surface area (Å²) in [6, 6.07) is 11.3. The highest BCUT2D eigenvalue weighted by Gasteiger charge is 2.14. The first kappa shape index (κ1) is 20.2. The van der Waals surface area contributed by atoms with Gasteiger partial charge in [-0.2, -0.15) is 0 Å². The molecule has 0 saturated heterocycles. The third-order valence-electron chi connectivity index (χ3n) is 3.96. The molecule has 0 saturated carbocycles. The zero-order chi connectivity index (χ0) is 19.8. The van der Waals surface area contributed by atoms with Gasteiger partial charge in [0.2, 0.25) is 5.91 Å². The van der Waals surface area contributed by atoms with E-state index in [1.165, 1.54) is 12.1 Å². The van der Waals surface area contributed by atoms with E-state index in [2.05, 4.69) is 5.32 Å². The first-order valence-corrected chi connectivity index (χ1v) is 8.86. The Hall–Kier alpha value is -3.09. The van der Waals surface area contributed by atoms with Crippen molar-refractivity contribution in [3.8, 4) is 11.5 Å². The Morgan fingerprint density at radius 2 is 1.70 bits per heavy atom. The van der Waals surface area contributed by atoms with Crippen molar-refractivity contribution in [3.05, 3.63) is 63.7 Å². The Morgan fingerprint density at radius 1 is 1.07 bits per heavy atom. The van der Waals surface area contributed by atoms with E-state index in [1.807, 2.05) is 39.0 Å². The average Bonchev–Trinajstić information content (AvgIpc) is 2.63. The fraction of sp³-hybridized carbons (Fsp3) is 0.350. The number of hydrogen-bond donors (Lipinski definition) is 1. The minimum Gasteiger partial charge on any atom is -0.490 e. The van der Waals surface area contributed by atoms with Gasteiger partial charge < -0.3 is 14.8 Å². The van der Waals surface area contributed by atoms with Gasteiger partial charge in [0.05, 0.1) is 30.6 Å². The highest BCUT2D eigenvalue weighted by Crippen LogP contribution is 2.30. The third-order valence-corrected chi connectivity index (χ3v) is 3.96. The summed E-state index contributed by atoms with van der Waals surface area (Å²) >= 11 is 0. The van der Waals surface area contributed by atoms with Crippen molar-refractivity contribution in [2.75, 3.05) is 13.2 Å². The number of carbonyl (C=O) groups excluding carboxylic acids is 1. The van der Waals surface area contributed by atoms with Gasteiger partial charge in [-0.05, 0) is 44.0 Å². The zero-order valence-electron chi connectivity index (χ0n) is 15.7. The van der Waals surface area contributed by atoms with Crippen LogP contribution in [-0.2, 0) is 11.2 Å². The van der Waals surface area contributed by atoms with Crippen molar-refractivity contribution < 1.29 is 19.2 Å². The van der Waals surface area contributed by atoms with Gasteiger partial charge in [0.15, 0.2) is 11.5 Å². The second kappa shape index (κ2) is 9.56. The molecule has 7 heteroatoms. The average molecular weight is 372 g/mol. The molecule has 0 aromatic heterocycles. The van der Waals surface area contributed by atoms with Gasteiger partial charge in [-0.15, -0.1) is 0 Å². The molecular formula is C20H24N2O5. The van der Waals surface area contributed by atoms with Crippen LogP contribution < -0.4 is 14.8 Å². The summed E-state index contributed by atoms with van der Waals surface area (Å²) in [4.78, 5) is 22.5. The van der Waals surface area contributed by atoms with Crippen molar-refractivity contribution in [2.24, 2.45) is 0 Å². The van der Waals surface area contributed by atoms with Crippen LogP contribution in [0, 0.1) is 10.1 Å². The van der Waals surface area contributed by atoms with E-state index < -0.39 is 4.92 Å². The molecule has 2 aromatic carbocycles. The summed E-state index contributed by atoms with van der Waals surface area (Å²) < 4.78 is 11.2. The molecule has 0 heterocycles. The molecule has 0 spiro atoms. The highest BCUT2D eigenvalue weighted by atomic mass is 16.6.